The lowest BCUT2D eigenvalue weighted by Gasteiger charge is -2.12. The molecule has 1 aliphatic heterocycles. The van der Waals surface area contributed by atoms with Gasteiger partial charge < -0.3 is 14.4 Å². The van der Waals surface area contributed by atoms with Gasteiger partial charge in [-0.25, -0.2) is 9.18 Å². The Bertz CT molecular complexity index is 2170. The first-order chi connectivity index (χ1) is 22.7. The average Bonchev–Trinajstić information content (AvgIpc) is 3.67. The van der Waals surface area contributed by atoms with Gasteiger partial charge in [0.1, 0.15) is 17.3 Å². The number of aryl methyl sites for hydroxylation is 5. The van der Waals surface area contributed by atoms with E-state index < -0.39 is 11.8 Å². The molecule has 11 heteroatoms. The van der Waals surface area contributed by atoms with Crippen LogP contribution in [0.2, 0.25) is 0 Å². The first-order valence-electron chi connectivity index (χ1n) is 15.7. The summed E-state index contributed by atoms with van der Waals surface area (Å²) in [7, 11) is 3.70. The van der Waals surface area contributed by atoms with Crippen LogP contribution >= 0.6 is 23.5 Å². The van der Waals surface area contributed by atoms with Crippen LogP contribution in [0.3, 0.4) is 0 Å². The van der Waals surface area contributed by atoms with Crippen LogP contribution < -0.4 is 4.74 Å². The van der Waals surface area contributed by atoms with Crippen molar-refractivity contribution in [2.75, 3.05) is 6.61 Å². The quantitative estimate of drug-likeness (QED) is 0.199. The smallest absolute Gasteiger partial charge is 0.352 e. The third-order valence-electron chi connectivity index (χ3n) is 8.92. The summed E-state index contributed by atoms with van der Waals surface area (Å²) in [5.74, 6) is 1.41. The van der Waals surface area contributed by atoms with E-state index in [1.165, 1.54) is 6.07 Å². The summed E-state index contributed by atoms with van der Waals surface area (Å²) in [4.78, 5) is 13.8. The van der Waals surface area contributed by atoms with E-state index in [-0.39, 0.29) is 5.69 Å². The van der Waals surface area contributed by atoms with Gasteiger partial charge in [-0.2, -0.15) is 10.2 Å². The Morgan fingerprint density at radius 1 is 1.02 bits per heavy atom. The van der Waals surface area contributed by atoms with Crippen LogP contribution in [0.25, 0.3) is 32.8 Å². The zero-order chi connectivity index (χ0) is 32.8. The Morgan fingerprint density at radius 2 is 1.85 bits per heavy atom. The standard InChI is InChI=1S/C36H36FN5O3S2/c1-5-42-30-20-46-18-23-16-24(41(4)39-23)19-47-25-15-22-9-6-7-10-26(22)31(17-25)45-14-8-11-27-28-12-13-29(37)33(32(30)21(2)38-42)34(28)40(3)35(27)36(43)44/h6-7,9-10,12-13,15-17H,5,8,11,14,18-20H2,1-4H3,(H,43,44). The maximum absolute atomic E-state index is 16.1. The number of thioether (sulfide) groups is 2. The molecule has 1 aliphatic rings. The van der Waals surface area contributed by atoms with Crippen LogP contribution in [0, 0.1) is 12.7 Å². The Kier molecular flexibility index (Phi) is 8.52. The molecule has 242 valence electrons. The highest BCUT2D eigenvalue weighted by atomic mass is 32.2. The largest absolute Gasteiger partial charge is 0.493 e. The number of hydrogen-bond acceptors (Lipinski definition) is 6. The lowest BCUT2D eigenvalue weighted by atomic mass is 9.98. The van der Waals surface area contributed by atoms with Crippen LogP contribution in [0.4, 0.5) is 4.39 Å². The number of benzene rings is 3. The predicted molar refractivity (Wildman–Crippen MR) is 187 cm³/mol. The molecule has 6 aromatic rings. The molecular formula is C36H36FN5O3S2. The third kappa shape index (κ3) is 5.69. The molecule has 0 atom stereocenters. The van der Waals surface area contributed by atoms with Gasteiger partial charge in [-0.15, -0.1) is 23.5 Å². The summed E-state index contributed by atoms with van der Waals surface area (Å²) in [6, 6.07) is 17.8. The molecule has 47 heavy (non-hydrogen) atoms. The van der Waals surface area contributed by atoms with E-state index in [4.69, 9.17) is 14.9 Å². The number of carbonyl (C=O) groups is 1. The van der Waals surface area contributed by atoms with Crippen molar-refractivity contribution < 1.29 is 19.0 Å². The molecule has 0 amide bonds. The number of carboxylic acids is 1. The number of hydrogen-bond donors (Lipinski definition) is 1. The van der Waals surface area contributed by atoms with Gasteiger partial charge in [0.25, 0.3) is 0 Å². The Hall–Kier alpha value is -4.22. The summed E-state index contributed by atoms with van der Waals surface area (Å²) in [6.45, 7) is 4.96. The van der Waals surface area contributed by atoms with Gasteiger partial charge in [0.2, 0.25) is 0 Å². The molecule has 4 heterocycles. The minimum Gasteiger partial charge on any atom is -0.493 e. The zero-order valence-corrected chi connectivity index (χ0v) is 28.5. The molecule has 3 aromatic heterocycles. The zero-order valence-electron chi connectivity index (χ0n) is 26.8. The van der Waals surface area contributed by atoms with E-state index in [0.29, 0.717) is 59.8 Å². The number of fused-ring (bicyclic) bond motifs is 8. The van der Waals surface area contributed by atoms with Gasteiger partial charge in [-0.1, -0.05) is 24.3 Å². The molecule has 0 aliphatic carbocycles. The van der Waals surface area contributed by atoms with Gasteiger partial charge in [0.05, 0.1) is 29.2 Å². The highest BCUT2D eigenvalue weighted by molar-refractivity contribution is 7.98. The fraction of sp³-hybridized carbons (Fsp3) is 0.306. The van der Waals surface area contributed by atoms with Gasteiger partial charge in [0.15, 0.2) is 0 Å². The first-order valence-corrected chi connectivity index (χ1v) is 17.9. The lowest BCUT2D eigenvalue weighted by molar-refractivity contribution is 0.0685. The summed E-state index contributed by atoms with van der Waals surface area (Å²) in [5.41, 5.74) is 6.28. The van der Waals surface area contributed by atoms with Crippen molar-refractivity contribution in [1.82, 2.24) is 24.1 Å². The molecule has 0 spiro atoms. The fourth-order valence-corrected chi connectivity index (χ4v) is 8.72. The molecule has 0 unspecified atom stereocenters. The maximum atomic E-state index is 16.1. The van der Waals surface area contributed by atoms with E-state index >= 15 is 4.39 Å². The molecule has 0 radical (unpaired) electrons. The van der Waals surface area contributed by atoms with E-state index in [0.717, 1.165) is 55.2 Å². The Balaban J connectivity index is 1.37. The van der Waals surface area contributed by atoms with Crippen molar-refractivity contribution in [3.63, 3.8) is 0 Å². The lowest BCUT2D eigenvalue weighted by Crippen LogP contribution is -2.09. The Morgan fingerprint density at radius 3 is 2.66 bits per heavy atom. The van der Waals surface area contributed by atoms with Crippen molar-refractivity contribution in [3.8, 4) is 16.9 Å². The topological polar surface area (TPSA) is 87.1 Å². The van der Waals surface area contributed by atoms with E-state index in [9.17, 15) is 9.90 Å². The fourth-order valence-electron chi connectivity index (χ4n) is 6.80. The highest BCUT2D eigenvalue weighted by Gasteiger charge is 2.28. The molecule has 8 nitrogen and oxygen atoms in total. The second kappa shape index (κ2) is 12.8. The predicted octanol–water partition coefficient (Wildman–Crippen LogP) is 8.14. The molecule has 7 rings (SSSR count). The van der Waals surface area contributed by atoms with E-state index in [2.05, 4.69) is 30.3 Å². The number of halogens is 1. The molecule has 0 saturated heterocycles. The van der Waals surface area contributed by atoms with Crippen LogP contribution in [-0.2, 0) is 44.3 Å². The van der Waals surface area contributed by atoms with E-state index in [1.54, 1.807) is 41.2 Å². The summed E-state index contributed by atoms with van der Waals surface area (Å²) < 4.78 is 28.0. The molecule has 8 bridgehead atoms. The molecule has 0 saturated carbocycles. The maximum Gasteiger partial charge on any atom is 0.352 e. The van der Waals surface area contributed by atoms with Gasteiger partial charge in [-0.3, -0.25) is 9.36 Å². The third-order valence-corrected chi connectivity index (χ3v) is 10.9. The summed E-state index contributed by atoms with van der Waals surface area (Å²) >= 11 is 3.46. The normalized spacial score (nSPS) is 14.2. The second-order valence-corrected chi connectivity index (χ2v) is 13.9. The van der Waals surface area contributed by atoms with Crippen LogP contribution in [0.1, 0.15) is 52.2 Å². The number of ether oxygens (including phenoxy) is 1. The van der Waals surface area contributed by atoms with Gasteiger partial charge in [0, 0.05) is 70.4 Å². The van der Waals surface area contributed by atoms with Gasteiger partial charge in [-0.05, 0) is 68.0 Å². The van der Waals surface area contributed by atoms with Crippen molar-refractivity contribution >= 4 is 51.2 Å². The SMILES string of the molecule is CCn1nc(C)c2c1CSCc1cc(n(C)n1)CSc1cc(c3ccccc3c1)OCCCc1c(C(=O)O)n(C)c3c-2c(F)ccc13. The van der Waals surface area contributed by atoms with E-state index in [1.807, 2.05) is 42.4 Å². The molecule has 1 N–H and O–H groups in total. The molecule has 0 fully saturated rings. The number of aromatic nitrogens is 5. The minimum absolute atomic E-state index is 0.167. The van der Waals surface area contributed by atoms with Crippen molar-refractivity contribution in [2.45, 2.75) is 55.4 Å². The summed E-state index contributed by atoms with van der Waals surface area (Å²) in [6.07, 6.45) is 1.05. The Labute approximate surface area is 280 Å². The number of rotatable bonds is 2. The summed E-state index contributed by atoms with van der Waals surface area (Å²) in [5, 5.41) is 22.9. The van der Waals surface area contributed by atoms with Crippen molar-refractivity contribution in [2.24, 2.45) is 14.1 Å². The van der Waals surface area contributed by atoms with Crippen LogP contribution in [-0.4, -0.2) is 41.8 Å². The first kappa shape index (κ1) is 31.4. The minimum atomic E-state index is -1.04. The number of aromatic carboxylic acids is 1. The van der Waals surface area contributed by atoms with Gasteiger partial charge >= 0.3 is 5.97 Å². The number of carboxylic acid groups (broad SMARTS) is 1. The van der Waals surface area contributed by atoms with Crippen LogP contribution in [0.15, 0.2) is 59.5 Å². The molecular weight excluding hydrogens is 634 g/mol. The molecule has 3 aromatic carbocycles. The van der Waals surface area contributed by atoms with Crippen molar-refractivity contribution in [1.29, 1.82) is 0 Å². The number of nitrogens with zero attached hydrogens (tertiary/aromatic N) is 5. The average molecular weight is 670 g/mol. The second-order valence-electron chi connectivity index (χ2n) is 11.9. The highest BCUT2D eigenvalue weighted by Crippen LogP contribution is 2.41. The van der Waals surface area contributed by atoms with Crippen LogP contribution in [0.5, 0.6) is 5.75 Å². The van der Waals surface area contributed by atoms with Crippen molar-refractivity contribution in [3.05, 3.63) is 94.4 Å². The monoisotopic (exact) mass is 669 g/mol.